The van der Waals surface area contributed by atoms with E-state index in [0.29, 0.717) is 24.3 Å². The Morgan fingerprint density at radius 1 is 1.27 bits per heavy atom. The Balaban J connectivity index is 2.27. The van der Waals surface area contributed by atoms with E-state index in [2.05, 4.69) is 6.58 Å². The lowest BCUT2D eigenvalue weighted by Crippen LogP contribution is -2.38. The van der Waals surface area contributed by atoms with Gasteiger partial charge in [-0.2, -0.15) is 0 Å². The molecule has 0 saturated carbocycles. The van der Waals surface area contributed by atoms with E-state index in [9.17, 15) is 9.59 Å². The third-order valence-corrected chi connectivity index (χ3v) is 4.15. The molecule has 0 radical (unpaired) electrons. The normalized spacial score (nSPS) is 20.1. The van der Waals surface area contributed by atoms with Gasteiger partial charge in [-0.1, -0.05) is 6.08 Å². The number of hydrogen-bond donors (Lipinski definition) is 0. The summed E-state index contributed by atoms with van der Waals surface area (Å²) in [7, 11) is 1.55. The Labute approximate surface area is 153 Å². The fraction of sp³-hybridized carbons (Fsp3) is 0.400. The van der Waals surface area contributed by atoms with Crippen molar-refractivity contribution in [2.24, 2.45) is 0 Å². The smallest absolute Gasteiger partial charge is 0.338 e. The molecule has 1 aromatic carbocycles. The highest BCUT2D eigenvalue weighted by Crippen LogP contribution is 2.25. The quantitative estimate of drug-likeness (QED) is 0.573. The molecule has 140 valence electrons. The molecule has 26 heavy (non-hydrogen) atoms. The van der Waals surface area contributed by atoms with Crippen LogP contribution in [0.5, 0.6) is 5.75 Å². The summed E-state index contributed by atoms with van der Waals surface area (Å²) in [5.41, 5.74) is 2.16. The van der Waals surface area contributed by atoms with E-state index in [-0.39, 0.29) is 6.61 Å². The molecule has 1 aliphatic heterocycles. The van der Waals surface area contributed by atoms with Crippen LogP contribution in [0.3, 0.4) is 0 Å². The maximum atomic E-state index is 12.6. The van der Waals surface area contributed by atoms with E-state index in [1.54, 1.807) is 37.5 Å². The minimum atomic E-state index is -0.717. The van der Waals surface area contributed by atoms with Crippen LogP contribution in [0.15, 0.2) is 48.1 Å². The van der Waals surface area contributed by atoms with Crippen LogP contribution in [0.4, 0.5) is 0 Å². The van der Waals surface area contributed by atoms with Gasteiger partial charge in [-0.05, 0) is 48.8 Å². The average Bonchev–Trinajstić information content (AvgIpc) is 2.76. The number of esters is 2. The summed E-state index contributed by atoms with van der Waals surface area (Å²) in [6, 6.07) is 6.61. The third-order valence-electron chi connectivity index (χ3n) is 4.15. The van der Waals surface area contributed by atoms with E-state index in [1.165, 1.54) is 6.92 Å². The third kappa shape index (κ3) is 4.95. The lowest BCUT2D eigenvalue weighted by molar-refractivity contribution is -0.154. The van der Waals surface area contributed by atoms with Crippen LogP contribution in [0.1, 0.15) is 30.6 Å². The number of ether oxygens (including phenoxy) is 4. The predicted octanol–water partition coefficient (Wildman–Crippen LogP) is 3.08. The minimum absolute atomic E-state index is 0.151. The first-order valence-corrected chi connectivity index (χ1v) is 8.35. The van der Waals surface area contributed by atoms with E-state index in [0.717, 1.165) is 11.1 Å². The number of benzene rings is 1. The molecule has 1 aromatic rings. The van der Waals surface area contributed by atoms with Crippen molar-refractivity contribution in [2.45, 2.75) is 32.5 Å². The summed E-state index contributed by atoms with van der Waals surface area (Å²) in [5.74, 6) is -0.315. The molecule has 0 saturated heterocycles. The van der Waals surface area contributed by atoms with Crippen LogP contribution >= 0.6 is 0 Å². The molecule has 6 nitrogen and oxygen atoms in total. The fourth-order valence-corrected chi connectivity index (χ4v) is 2.76. The standard InChI is InChI=1S/C20H24O6/c1-5-6-16-11-24-12-18(25-14(3)21)19(13(16)2)26-20(22)15-7-9-17(23-4)10-8-15/h5,7-10,18-19H,1,6,11-12H2,2-4H3/t18-,19+/m1/s1. The highest BCUT2D eigenvalue weighted by Gasteiger charge is 2.33. The summed E-state index contributed by atoms with van der Waals surface area (Å²) < 4.78 is 21.7. The van der Waals surface area contributed by atoms with E-state index < -0.39 is 24.1 Å². The molecule has 1 heterocycles. The second-order valence-electron chi connectivity index (χ2n) is 6.00. The topological polar surface area (TPSA) is 71.1 Å². The molecule has 2 atom stereocenters. The van der Waals surface area contributed by atoms with Crippen LogP contribution in [0.2, 0.25) is 0 Å². The highest BCUT2D eigenvalue weighted by atomic mass is 16.6. The zero-order chi connectivity index (χ0) is 19.1. The molecular formula is C20H24O6. The lowest BCUT2D eigenvalue weighted by atomic mass is 9.99. The Bertz CT molecular complexity index is 689. The largest absolute Gasteiger partial charge is 0.497 e. The van der Waals surface area contributed by atoms with Crippen molar-refractivity contribution in [2.75, 3.05) is 20.3 Å². The predicted molar refractivity (Wildman–Crippen MR) is 96.1 cm³/mol. The molecule has 1 aliphatic rings. The van der Waals surface area contributed by atoms with Crippen LogP contribution in [-0.4, -0.2) is 44.5 Å². The molecule has 0 bridgehead atoms. The monoisotopic (exact) mass is 360 g/mol. The first kappa shape index (κ1) is 19.7. The maximum Gasteiger partial charge on any atom is 0.338 e. The summed E-state index contributed by atoms with van der Waals surface area (Å²) in [4.78, 5) is 24.0. The minimum Gasteiger partial charge on any atom is -0.497 e. The second-order valence-corrected chi connectivity index (χ2v) is 6.00. The number of carbonyl (C=O) groups is 2. The highest BCUT2D eigenvalue weighted by molar-refractivity contribution is 5.89. The van der Waals surface area contributed by atoms with Crippen molar-refractivity contribution < 1.29 is 28.5 Å². The van der Waals surface area contributed by atoms with Crippen molar-refractivity contribution >= 4 is 11.9 Å². The van der Waals surface area contributed by atoms with Crippen molar-refractivity contribution in [1.82, 2.24) is 0 Å². The summed E-state index contributed by atoms with van der Waals surface area (Å²) >= 11 is 0. The molecule has 2 rings (SSSR count). The molecule has 6 heteroatoms. The van der Waals surface area contributed by atoms with Gasteiger partial charge in [0.2, 0.25) is 0 Å². The Hall–Kier alpha value is -2.60. The lowest BCUT2D eigenvalue weighted by Gasteiger charge is -2.26. The van der Waals surface area contributed by atoms with Gasteiger partial charge in [0, 0.05) is 6.92 Å². The Morgan fingerprint density at radius 3 is 2.54 bits per heavy atom. The van der Waals surface area contributed by atoms with Gasteiger partial charge in [-0.25, -0.2) is 4.79 Å². The SMILES string of the molecule is C=CCC1=C(C)[C@H](OC(=O)c2ccc(OC)cc2)[C@H](OC(C)=O)COC1. The summed E-state index contributed by atoms with van der Waals surface area (Å²) in [6.07, 6.45) is 0.953. The van der Waals surface area contributed by atoms with Gasteiger partial charge in [0.25, 0.3) is 0 Å². The van der Waals surface area contributed by atoms with Gasteiger partial charge < -0.3 is 18.9 Å². The number of carbonyl (C=O) groups excluding carboxylic acids is 2. The molecule has 0 unspecified atom stereocenters. The van der Waals surface area contributed by atoms with Crippen molar-refractivity contribution in [1.29, 1.82) is 0 Å². The zero-order valence-electron chi connectivity index (χ0n) is 15.3. The van der Waals surface area contributed by atoms with Gasteiger partial charge in [0.1, 0.15) is 5.75 Å². The van der Waals surface area contributed by atoms with E-state index in [4.69, 9.17) is 18.9 Å². The first-order chi connectivity index (χ1) is 12.5. The molecule has 0 amide bonds. The molecule has 0 N–H and O–H groups in total. The molecule has 0 aromatic heterocycles. The van der Waals surface area contributed by atoms with Crippen molar-refractivity contribution in [3.63, 3.8) is 0 Å². The van der Waals surface area contributed by atoms with Gasteiger partial charge in [-0.15, -0.1) is 6.58 Å². The van der Waals surface area contributed by atoms with Crippen LogP contribution in [0, 0.1) is 0 Å². The van der Waals surface area contributed by atoms with Gasteiger partial charge >= 0.3 is 11.9 Å². The van der Waals surface area contributed by atoms with Crippen molar-refractivity contribution in [3.05, 3.63) is 53.6 Å². The number of allylic oxidation sites excluding steroid dienone is 1. The van der Waals surface area contributed by atoms with E-state index >= 15 is 0 Å². The maximum absolute atomic E-state index is 12.6. The second kappa shape index (κ2) is 9.20. The number of rotatable bonds is 6. The Kier molecular flexibility index (Phi) is 6.97. The Morgan fingerprint density at radius 2 is 1.96 bits per heavy atom. The van der Waals surface area contributed by atoms with Crippen molar-refractivity contribution in [3.8, 4) is 5.75 Å². The van der Waals surface area contributed by atoms with Gasteiger partial charge in [0.15, 0.2) is 12.2 Å². The van der Waals surface area contributed by atoms with E-state index in [1.807, 2.05) is 6.92 Å². The summed E-state index contributed by atoms with van der Waals surface area (Å²) in [5, 5.41) is 0. The zero-order valence-corrected chi connectivity index (χ0v) is 15.3. The van der Waals surface area contributed by atoms with Gasteiger partial charge in [-0.3, -0.25) is 4.79 Å². The van der Waals surface area contributed by atoms with Crippen LogP contribution in [-0.2, 0) is 19.0 Å². The van der Waals surface area contributed by atoms with Crippen LogP contribution < -0.4 is 4.74 Å². The average molecular weight is 360 g/mol. The van der Waals surface area contributed by atoms with Crippen LogP contribution in [0.25, 0.3) is 0 Å². The number of methoxy groups -OCH3 is 1. The molecule has 0 aliphatic carbocycles. The molecule has 0 fully saturated rings. The first-order valence-electron chi connectivity index (χ1n) is 8.35. The summed E-state index contributed by atoms with van der Waals surface area (Å²) in [6.45, 7) is 7.45. The number of hydrogen-bond acceptors (Lipinski definition) is 6. The molecular weight excluding hydrogens is 336 g/mol. The molecule has 0 spiro atoms. The van der Waals surface area contributed by atoms with Gasteiger partial charge in [0.05, 0.1) is 25.9 Å². The fourth-order valence-electron chi connectivity index (χ4n) is 2.76.